The average Bonchev–Trinajstić information content (AvgIpc) is 2.40. The summed E-state index contributed by atoms with van der Waals surface area (Å²) in [5, 5.41) is 0. The SMILES string of the molecule is O=S(=O)(NCCc1ccc(F)cc1)c1c(F)cccc1F. The number of hydrogen-bond acceptors (Lipinski definition) is 2. The van der Waals surface area contributed by atoms with Crippen LogP contribution in [0.3, 0.4) is 0 Å². The lowest BCUT2D eigenvalue weighted by Crippen LogP contribution is -2.27. The number of nitrogens with one attached hydrogen (secondary N) is 1. The van der Waals surface area contributed by atoms with E-state index in [9.17, 15) is 21.6 Å². The van der Waals surface area contributed by atoms with Gasteiger partial charge in [0, 0.05) is 6.54 Å². The summed E-state index contributed by atoms with van der Waals surface area (Å²) in [5.74, 6) is -2.69. The lowest BCUT2D eigenvalue weighted by Gasteiger charge is -2.08. The molecule has 0 spiro atoms. The first-order chi connectivity index (χ1) is 9.90. The predicted molar refractivity (Wildman–Crippen MR) is 71.7 cm³/mol. The van der Waals surface area contributed by atoms with Crippen molar-refractivity contribution in [2.45, 2.75) is 11.3 Å². The molecule has 0 amide bonds. The van der Waals surface area contributed by atoms with E-state index in [1.54, 1.807) is 0 Å². The van der Waals surface area contributed by atoms with E-state index in [1.165, 1.54) is 24.3 Å². The van der Waals surface area contributed by atoms with Gasteiger partial charge in [0.1, 0.15) is 17.5 Å². The second-order valence-corrected chi connectivity index (χ2v) is 6.03. The zero-order valence-corrected chi connectivity index (χ0v) is 11.6. The molecule has 112 valence electrons. The summed E-state index contributed by atoms with van der Waals surface area (Å²) in [6, 6.07) is 8.35. The maximum atomic E-state index is 13.4. The highest BCUT2D eigenvalue weighted by Gasteiger charge is 2.23. The normalized spacial score (nSPS) is 11.6. The minimum atomic E-state index is -4.27. The third-order valence-electron chi connectivity index (χ3n) is 2.81. The van der Waals surface area contributed by atoms with Gasteiger partial charge in [0.15, 0.2) is 4.90 Å². The third-order valence-corrected chi connectivity index (χ3v) is 4.32. The Hall–Kier alpha value is -1.86. The number of halogens is 3. The predicted octanol–water partition coefficient (Wildman–Crippen LogP) is 2.62. The van der Waals surface area contributed by atoms with Crippen molar-refractivity contribution < 1.29 is 21.6 Å². The molecule has 0 aliphatic heterocycles. The monoisotopic (exact) mass is 315 g/mol. The van der Waals surface area contributed by atoms with Gasteiger partial charge in [0.25, 0.3) is 0 Å². The zero-order chi connectivity index (χ0) is 15.5. The number of sulfonamides is 1. The molecule has 0 aromatic heterocycles. The fourth-order valence-electron chi connectivity index (χ4n) is 1.79. The van der Waals surface area contributed by atoms with E-state index in [0.717, 1.165) is 18.2 Å². The van der Waals surface area contributed by atoms with Crippen molar-refractivity contribution in [2.75, 3.05) is 6.54 Å². The molecule has 3 nitrogen and oxygen atoms in total. The van der Waals surface area contributed by atoms with Gasteiger partial charge in [-0.25, -0.2) is 26.3 Å². The molecule has 21 heavy (non-hydrogen) atoms. The van der Waals surface area contributed by atoms with Crippen LogP contribution in [0.4, 0.5) is 13.2 Å². The summed E-state index contributed by atoms with van der Waals surface area (Å²) in [6.45, 7) is -0.0538. The minimum absolute atomic E-state index is 0.0538. The second-order valence-electron chi connectivity index (χ2n) is 4.33. The standard InChI is InChI=1S/C14H12F3NO2S/c15-11-6-4-10(5-7-11)8-9-18-21(19,20)14-12(16)2-1-3-13(14)17/h1-7,18H,8-9H2. The highest BCUT2D eigenvalue weighted by Crippen LogP contribution is 2.17. The highest BCUT2D eigenvalue weighted by molar-refractivity contribution is 7.89. The Labute approximate surface area is 120 Å². The van der Waals surface area contributed by atoms with Gasteiger partial charge in [0.05, 0.1) is 0 Å². The molecule has 0 saturated heterocycles. The topological polar surface area (TPSA) is 46.2 Å². The molecule has 0 aliphatic carbocycles. The lowest BCUT2D eigenvalue weighted by molar-refractivity contribution is 0.514. The molecule has 2 aromatic rings. The quantitative estimate of drug-likeness (QED) is 0.922. The van der Waals surface area contributed by atoms with E-state index in [1.807, 2.05) is 0 Å². The first kappa shape index (κ1) is 15.5. The van der Waals surface area contributed by atoms with E-state index in [2.05, 4.69) is 4.72 Å². The summed E-state index contributed by atoms with van der Waals surface area (Å²) < 4.78 is 65.4. The van der Waals surface area contributed by atoms with Crippen LogP contribution in [0.15, 0.2) is 47.4 Å². The van der Waals surface area contributed by atoms with Gasteiger partial charge in [0.2, 0.25) is 10.0 Å². The van der Waals surface area contributed by atoms with Crippen LogP contribution >= 0.6 is 0 Å². The molecule has 0 bridgehead atoms. The Bertz CT molecular complexity index is 710. The van der Waals surface area contributed by atoms with Crippen molar-refractivity contribution in [3.63, 3.8) is 0 Å². The molecule has 0 fully saturated rings. The van der Waals surface area contributed by atoms with Crippen molar-refractivity contribution in [2.24, 2.45) is 0 Å². The Kier molecular flexibility index (Phi) is 4.64. The fraction of sp³-hybridized carbons (Fsp3) is 0.143. The highest BCUT2D eigenvalue weighted by atomic mass is 32.2. The van der Waals surface area contributed by atoms with E-state index in [0.29, 0.717) is 5.56 Å². The molecule has 0 saturated carbocycles. The van der Waals surface area contributed by atoms with E-state index >= 15 is 0 Å². The molecular formula is C14H12F3NO2S. The first-order valence-electron chi connectivity index (χ1n) is 6.08. The largest absolute Gasteiger partial charge is 0.246 e. The molecule has 0 heterocycles. The molecule has 0 aliphatic rings. The molecule has 0 unspecified atom stereocenters. The zero-order valence-electron chi connectivity index (χ0n) is 10.8. The third kappa shape index (κ3) is 3.83. The molecule has 2 aromatic carbocycles. The van der Waals surface area contributed by atoms with Crippen molar-refractivity contribution in [1.82, 2.24) is 4.72 Å². The van der Waals surface area contributed by atoms with Crippen LogP contribution in [0.5, 0.6) is 0 Å². The average molecular weight is 315 g/mol. The van der Waals surface area contributed by atoms with Gasteiger partial charge in [-0.1, -0.05) is 18.2 Å². The molecule has 2 rings (SSSR count). The molecule has 1 N–H and O–H groups in total. The Morgan fingerprint density at radius 2 is 1.48 bits per heavy atom. The summed E-state index contributed by atoms with van der Waals surface area (Å²) in [5.41, 5.74) is 0.702. The van der Waals surface area contributed by atoms with Crippen molar-refractivity contribution >= 4 is 10.0 Å². The maximum absolute atomic E-state index is 13.4. The maximum Gasteiger partial charge on any atom is 0.246 e. The van der Waals surface area contributed by atoms with E-state index < -0.39 is 32.4 Å². The number of benzene rings is 2. The number of hydrogen-bond donors (Lipinski definition) is 1. The molecule has 0 atom stereocenters. The van der Waals surface area contributed by atoms with Gasteiger partial charge in [-0.2, -0.15) is 0 Å². The second kappa shape index (κ2) is 6.28. The smallest absolute Gasteiger partial charge is 0.211 e. The van der Waals surface area contributed by atoms with E-state index in [-0.39, 0.29) is 13.0 Å². The van der Waals surface area contributed by atoms with E-state index in [4.69, 9.17) is 0 Å². The van der Waals surface area contributed by atoms with Crippen molar-refractivity contribution in [3.8, 4) is 0 Å². The van der Waals surface area contributed by atoms with Crippen LogP contribution in [-0.2, 0) is 16.4 Å². The van der Waals surface area contributed by atoms with Gasteiger partial charge in [-0.05, 0) is 36.2 Å². The van der Waals surface area contributed by atoms with Gasteiger partial charge < -0.3 is 0 Å². The summed E-state index contributed by atoms with van der Waals surface area (Å²) >= 11 is 0. The molecule has 0 radical (unpaired) electrons. The molecule has 7 heteroatoms. The van der Waals surface area contributed by atoms with Crippen LogP contribution in [0.2, 0.25) is 0 Å². The Balaban J connectivity index is 2.07. The summed E-state index contributed by atoms with van der Waals surface area (Å²) in [7, 11) is -4.27. The fourth-order valence-corrected chi connectivity index (χ4v) is 2.96. The Morgan fingerprint density at radius 1 is 0.905 bits per heavy atom. The van der Waals surface area contributed by atoms with Crippen molar-refractivity contribution in [1.29, 1.82) is 0 Å². The van der Waals surface area contributed by atoms with Gasteiger partial charge in [-0.3, -0.25) is 0 Å². The van der Waals surface area contributed by atoms with Crippen LogP contribution in [-0.4, -0.2) is 15.0 Å². The van der Waals surface area contributed by atoms with Crippen LogP contribution in [0.1, 0.15) is 5.56 Å². The first-order valence-corrected chi connectivity index (χ1v) is 7.56. The minimum Gasteiger partial charge on any atom is -0.211 e. The lowest BCUT2D eigenvalue weighted by atomic mass is 10.1. The van der Waals surface area contributed by atoms with Gasteiger partial charge in [-0.15, -0.1) is 0 Å². The van der Waals surface area contributed by atoms with Crippen molar-refractivity contribution in [3.05, 3.63) is 65.5 Å². The molecular weight excluding hydrogens is 303 g/mol. The van der Waals surface area contributed by atoms with Gasteiger partial charge >= 0.3 is 0 Å². The number of rotatable bonds is 5. The van der Waals surface area contributed by atoms with Crippen LogP contribution in [0, 0.1) is 17.5 Å². The van der Waals surface area contributed by atoms with Crippen LogP contribution in [0.25, 0.3) is 0 Å². The summed E-state index contributed by atoms with van der Waals surface area (Å²) in [4.78, 5) is -0.996. The Morgan fingerprint density at radius 3 is 2.05 bits per heavy atom. The van der Waals surface area contributed by atoms with Crippen LogP contribution < -0.4 is 4.72 Å². The summed E-state index contributed by atoms with van der Waals surface area (Å²) in [6.07, 6.45) is 0.273.